The van der Waals surface area contributed by atoms with E-state index in [-0.39, 0.29) is 25.2 Å². The second-order valence-electron chi connectivity index (χ2n) is 7.35. The molecule has 0 saturated heterocycles. The van der Waals surface area contributed by atoms with Crippen LogP contribution in [0.25, 0.3) is 0 Å². The molecule has 0 fully saturated rings. The molecule has 2 aromatic carbocycles. The second kappa shape index (κ2) is 11.3. The number of nitrogens with zero attached hydrogens (tertiary/aromatic N) is 2. The van der Waals surface area contributed by atoms with Crippen molar-refractivity contribution < 1.29 is 19.4 Å². The van der Waals surface area contributed by atoms with E-state index in [0.717, 1.165) is 17.0 Å². The van der Waals surface area contributed by atoms with Gasteiger partial charge in [0.2, 0.25) is 0 Å². The molecule has 0 saturated carbocycles. The lowest BCUT2D eigenvalue weighted by atomic mass is 10.1. The molecule has 0 aliphatic rings. The van der Waals surface area contributed by atoms with Crippen LogP contribution in [-0.4, -0.2) is 34.0 Å². The van der Waals surface area contributed by atoms with Gasteiger partial charge in [0.15, 0.2) is 0 Å². The lowest BCUT2D eigenvalue weighted by Crippen LogP contribution is -2.37. The Labute approximate surface area is 197 Å². The number of halogens is 1. The van der Waals surface area contributed by atoms with E-state index < -0.39 is 0 Å². The minimum Gasteiger partial charge on any atom is -0.497 e. The van der Waals surface area contributed by atoms with Gasteiger partial charge < -0.3 is 19.5 Å². The zero-order valence-electron chi connectivity index (χ0n) is 18.4. The smallest absolute Gasteiger partial charge is 0.254 e. The van der Waals surface area contributed by atoms with Crippen molar-refractivity contribution in [3.63, 3.8) is 0 Å². The number of benzene rings is 2. The van der Waals surface area contributed by atoms with Crippen molar-refractivity contribution in [2.24, 2.45) is 0 Å². The molecular formula is C24H27ClN2O4S. The van der Waals surface area contributed by atoms with Crippen LogP contribution in [0.2, 0.25) is 5.02 Å². The van der Waals surface area contributed by atoms with Gasteiger partial charge in [0, 0.05) is 34.1 Å². The van der Waals surface area contributed by atoms with Crippen LogP contribution in [0.15, 0.2) is 47.8 Å². The minimum absolute atomic E-state index is 0.00612. The molecule has 32 heavy (non-hydrogen) atoms. The number of aromatic nitrogens is 1. The van der Waals surface area contributed by atoms with E-state index in [1.54, 1.807) is 30.7 Å². The Morgan fingerprint density at radius 2 is 2.09 bits per heavy atom. The molecule has 1 N–H and O–H groups in total. The summed E-state index contributed by atoms with van der Waals surface area (Å²) in [6.07, 6.45) is 0.801. The highest BCUT2D eigenvalue weighted by molar-refractivity contribution is 7.09. The third kappa shape index (κ3) is 6.00. The Balaban J connectivity index is 1.85. The van der Waals surface area contributed by atoms with Crippen LogP contribution >= 0.6 is 22.9 Å². The first-order valence-corrected chi connectivity index (χ1v) is 11.6. The van der Waals surface area contributed by atoms with Gasteiger partial charge >= 0.3 is 0 Å². The van der Waals surface area contributed by atoms with Crippen LogP contribution in [0.4, 0.5) is 0 Å². The maximum atomic E-state index is 13.4. The Hall–Kier alpha value is -2.61. The van der Waals surface area contributed by atoms with Gasteiger partial charge in [-0.05, 0) is 49.7 Å². The molecule has 1 amide bonds. The summed E-state index contributed by atoms with van der Waals surface area (Å²) in [5, 5.41) is 12.3. The van der Waals surface area contributed by atoms with Crippen molar-refractivity contribution in [1.29, 1.82) is 0 Å². The maximum absolute atomic E-state index is 13.4. The number of carbonyl (C=O) groups is 1. The number of thiazole rings is 1. The Kier molecular flexibility index (Phi) is 8.50. The van der Waals surface area contributed by atoms with Gasteiger partial charge in [-0.2, -0.15) is 0 Å². The summed E-state index contributed by atoms with van der Waals surface area (Å²) in [6.45, 7) is 4.59. The van der Waals surface area contributed by atoms with Crippen LogP contribution in [0, 0.1) is 0 Å². The van der Waals surface area contributed by atoms with Crippen molar-refractivity contribution in [3.8, 4) is 11.5 Å². The molecule has 0 bridgehead atoms. The van der Waals surface area contributed by atoms with Crippen molar-refractivity contribution in [1.82, 2.24) is 9.88 Å². The predicted molar refractivity (Wildman–Crippen MR) is 126 cm³/mol. The lowest BCUT2D eigenvalue weighted by molar-refractivity contribution is 0.0669. The SMILES string of the molecule is CC[C@H](C)N(Cc1cc(Cl)ccc1OCc1nc(CO)cs1)C(=O)c1cccc(OC)c1. The number of ether oxygens (including phenoxy) is 2. The molecule has 0 aliphatic heterocycles. The third-order valence-electron chi connectivity index (χ3n) is 5.18. The summed E-state index contributed by atoms with van der Waals surface area (Å²) in [4.78, 5) is 19.5. The molecular weight excluding hydrogens is 448 g/mol. The number of hydrogen-bond donors (Lipinski definition) is 1. The Morgan fingerprint density at radius 3 is 2.78 bits per heavy atom. The van der Waals surface area contributed by atoms with E-state index in [0.29, 0.717) is 34.3 Å². The van der Waals surface area contributed by atoms with Gasteiger partial charge in [-0.3, -0.25) is 4.79 Å². The van der Waals surface area contributed by atoms with Crippen molar-refractivity contribution in [2.45, 2.75) is 46.1 Å². The first kappa shape index (κ1) is 24.0. The average molecular weight is 475 g/mol. The van der Waals surface area contributed by atoms with E-state index in [2.05, 4.69) is 4.98 Å². The summed E-state index contributed by atoms with van der Waals surface area (Å²) in [7, 11) is 1.58. The average Bonchev–Trinajstić information content (AvgIpc) is 3.29. The van der Waals surface area contributed by atoms with Crippen LogP contribution in [-0.2, 0) is 19.8 Å². The van der Waals surface area contributed by atoms with Crippen molar-refractivity contribution >= 4 is 28.8 Å². The Bertz CT molecular complexity index is 1060. The summed E-state index contributed by atoms with van der Waals surface area (Å²) in [5.41, 5.74) is 2.00. The first-order chi connectivity index (χ1) is 15.4. The van der Waals surface area contributed by atoms with Crippen LogP contribution in [0.1, 0.15) is 46.9 Å². The molecule has 0 aliphatic carbocycles. The number of aliphatic hydroxyl groups excluding tert-OH is 1. The number of amides is 1. The van der Waals surface area contributed by atoms with Crippen LogP contribution in [0.5, 0.6) is 11.5 Å². The quantitative estimate of drug-likeness (QED) is 0.430. The zero-order valence-corrected chi connectivity index (χ0v) is 19.9. The highest BCUT2D eigenvalue weighted by Crippen LogP contribution is 2.28. The molecule has 3 rings (SSSR count). The molecule has 0 unspecified atom stereocenters. The van der Waals surface area contributed by atoms with Gasteiger partial charge in [0.25, 0.3) is 5.91 Å². The third-order valence-corrected chi connectivity index (χ3v) is 6.28. The van der Waals surface area contributed by atoms with Gasteiger partial charge in [0.1, 0.15) is 23.1 Å². The standard InChI is InChI=1S/C24H27ClN2O4S/c1-4-16(2)27(24(29)17-6-5-7-21(11-17)30-3)12-18-10-19(25)8-9-22(18)31-14-23-26-20(13-28)15-32-23/h5-11,15-16,28H,4,12-14H2,1-3H3/t16-/m0/s1. The summed E-state index contributed by atoms with van der Waals surface area (Å²) < 4.78 is 11.3. The fourth-order valence-corrected chi connectivity index (χ4v) is 4.08. The van der Waals surface area contributed by atoms with Gasteiger partial charge in [-0.25, -0.2) is 4.98 Å². The molecule has 170 valence electrons. The lowest BCUT2D eigenvalue weighted by Gasteiger charge is -2.29. The number of aliphatic hydroxyl groups is 1. The highest BCUT2D eigenvalue weighted by atomic mass is 35.5. The summed E-state index contributed by atoms with van der Waals surface area (Å²) >= 11 is 7.71. The van der Waals surface area contributed by atoms with Gasteiger partial charge in [-0.1, -0.05) is 24.6 Å². The topological polar surface area (TPSA) is 71.9 Å². The Morgan fingerprint density at radius 1 is 1.28 bits per heavy atom. The number of methoxy groups -OCH3 is 1. The number of hydrogen-bond acceptors (Lipinski definition) is 6. The molecule has 6 nitrogen and oxygen atoms in total. The van der Waals surface area contributed by atoms with E-state index >= 15 is 0 Å². The van der Waals surface area contributed by atoms with Crippen LogP contribution in [0.3, 0.4) is 0 Å². The zero-order chi connectivity index (χ0) is 23.1. The van der Waals surface area contributed by atoms with E-state index in [4.69, 9.17) is 21.1 Å². The van der Waals surface area contributed by atoms with Crippen molar-refractivity contribution in [2.75, 3.05) is 7.11 Å². The fourth-order valence-electron chi connectivity index (χ4n) is 3.19. The second-order valence-corrected chi connectivity index (χ2v) is 8.73. The van der Waals surface area contributed by atoms with Crippen LogP contribution < -0.4 is 9.47 Å². The van der Waals surface area contributed by atoms with Gasteiger partial charge in [-0.15, -0.1) is 11.3 Å². The van der Waals surface area contributed by atoms with E-state index in [9.17, 15) is 9.90 Å². The highest BCUT2D eigenvalue weighted by Gasteiger charge is 2.23. The van der Waals surface area contributed by atoms with E-state index in [1.165, 1.54) is 11.3 Å². The monoisotopic (exact) mass is 474 g/mol. The minimum atomic E-state index is -0.0983. The molecule has 1 aromatic heterocycles. The predicted octanol–water partition coefficient (Wildman–Crippen LogP) is 5.32. The van der Waals surface area contributed by atoms with Crippen molar-refractivity contribution in [3.05, 3.63) is 74.7 Å². The number of rotatable bonds is 10. The molecule has 3 aromatic rings. The normalized spacial score (nSPS) is 11.8. The molecule has 8 heteroatoms. The van der Waals surface area contributed by atoms with E-state index in [1.807, 2.05) is 43.0 Å². The molecule has 0 spiro atoms. The maximum Gasteiger partial charge on any atom is 0.254 e. The van der Waals surface area contributed by atoms with Gasteiger partial charge in [0.05, 0.1) is 19.4 Å². The molecule has 0 radical (unpaired) electrons. The molecule has 1 heterocycles. The summed E-state index contributed by atoms with van der Waals surface area (Å²) in [5.74, 6) is 1.19. The first-order valence-electron chi connectivity index (χ1n) is 10.4. The summed E-state index contributed by atoms with van der Waals surface area (Å²) in [6, 6.07) is 12.6. The number of carbonyl (C=O) groups excluding carboxylic acids is 1. The largest absolute Gasteiger partial charge is 0.497 e. The molecule has 1 atom stereocenters. The fraction of sp³-hybridized carbons (Fsp3) is 0.333.